The molecule has 4 aromatic rings. The minimum Gasteiger partial charge on any atom is -0.872 e. The Morgan fingerprint density at radius 2 is 1.73 bits per heavy atom. The second kappa shape index (κ2) is 12.8. The first-order chi connectivity index (χ1) is 14.2. The number of hydrogen-bond donors (Lipinski definition) is 0. The molecule has 155 valence electrons. The maximum Gasteiger partial charge on any atom is 2.00 e. The van der Waals surface area contributed by atoms with Gasteiger partial charge < -0.3 is 10.2 Å². The van der Waals surface area contributed by atoms with E-state index in [4.69, 9.17) is 0 Å². The van der Waals surface area contributed by atoms with Crippen LogP contribution in [0.15, 0.2) is 93.7 Å². The Balaban J connectivity index is 0.000000395. The molecular formula is C21H16CuN4O2S2. The van der Waals surface area contributed by atoms with Gasteiger partial charge in [-0.25, -0.2) is 4.98 Å². The Bertz CT molecular complexity index is 1040. The van der Waals surface area contributed by atoms with Crippen molar-refractivity contribution in [2.24, 2.45) is 10.2 Å². The van der Waals surface area contributed by atoms with Crippen LogP contribution in [-0.4, -0.2) is 27.8 Å². The summed E-state index contributed by atoms with van der Waals surface area (Å²) in [4.78, 5) is 8.22. The van der Waals surface area contributed by atoms with Crippen LogP contribution in [0.2, 0.25) is 0 Å². The molecule has 1 radical (unpaired) electrons. The average Bonchev–Trinajstić information content (AvgIpc) is 3.18. The maximum absolute atomic E-state index is 11.7. The van der Waals surface area contributed by atoms with Crippen molar-refractivity contribution in [1.82, 2.24) is 9.97 Å². The third-order valence-electron chi connectivity index (χ3n) is 3.44. The van der Waals surface area contributed by atoms with Crippen LogP contribution in [0.4, 0.5) is 0 Å². The molecule has 0 saturated heterocycles. The van der Waals surface area contributed by atoms with E-state index in [0.717, 1.165) is 14.6 Å². The molecule has 9 heteroatoms. The summed E-state index contributed by atoms with van der Waals surface area (Å²) in [7, 11) is 0. The number of thiazole rings is 1. The second-order valence-electron chi connectivity index (χ2n) is 5.54. The Kier molecular flexibility index (Phi) is 10.0. The van der Waals surface area contributed by atoms with Gasteiger partial charge in [-0.15, -0.1) is 11.3 Å². The molecule has 0 aliphatic carbocycles. The van der Waals surface area contributed by atoms with E-state index in [2.05, 4.69) is 20.2 Å². The van der Waals surface area contributed by atoms with Crippen LogP contribution in [0, 0.1) is 0 Å². The van der Waals surface area contributed by atoms with Crippen LogP contribution in [0.1, 0.15) is 5.56 Å². The third-order valence-corrected chi connectivity index (χ3v) is 5.61. The maximum atomic E-state index is 11.7. The van der Waals surface area contributed by atoms with E-state index in [1.807, 2.05) is 42.5 Å². The molecule has 2 aromatic heterocycles. The standard InChI is InChI=1S/C16H13N3O2S2.C5H5N.Cu/c20-13-7-3-1-5-11(13)9-17-19-15(21)10-22-16-18-12-6-2-4-8-14(12)23-16;1-2-4-6-5-3-1;/h1-9,20H,10H2,(H,19,21);1-5H;/q;;+2/p-2/b17-9+;;. The van der Waals surface area contributed by atoms with E-state index in [9.17, 15) is 10.2 Å². The number of hydrogen-bond acceptors (Lipinski definition) is 8. The Hall–Kier alpha value is -2.71. The van der Waals surface area contributed by atoms with Crippen molar-refractivity contribution >= 4 is 45.4 Å². The number of benzene rings is 2. The van der Waals surface area contributed by atoms with Gasteiger partial charge in [-0.05, 0) is 35.7 Å². The van der Waals surface area contributed by atoms with Crippen LogP contribution in [0.3, 0.4) is 0 Å². The fraction of sp³-hybridized carbons (Fsp3) is 0.0476. The average molecular weight is 484 g/mol. The van der Waals surface area contributed by atoms with E-state index < -0.39 is 0 Å². The van der Waals surface area contributed by atoms with Crippen molar-refractivity contribution in [3.63, 3.8) is 0 Å². The zero-order valence-electron chi connectivity index (χ0n) is 15.5. The molecule has 0 aliphatic rings. The van der Waals surface area contributed by atoms with E-state index >= 15 is 0 Å². The summed E-state index contributed by atoms with van der Waals surface area (Å²) in [5.74, 6) is -0.354. The first-order valence-electron chi connectivity index (χ1n) is 8.58. The molecule has 2 heterocycles. The number of aromatic nitrogens is 2. The normalized spacial score (nSPS) is 11.0. The van der Waals surface area contributed by atoms with E-state index in [-0.39, 0.29) is 34.5 Å². The van der Waals surface area contributed by atoms with Crippen LogP contribution < -0.4 is 10.2 Å². The number of fused-ring (bicyclic) bond motifs is 1. The number of rotatable bonds is 5. The summed E-state index contributed by atoms with van der Waals surface area (Å²) in [5, 5.41) is 30.4. The molecule has 0 bridgehead atoms. The summed E-state index contributed by atoms with van der Waals surface area (Å²) in [6.07, 6.45) is 4.79. The quantitative estimate of drug-likeness (QED) is 0.142. The first-order valence-corrected chi connectivity index (χ1v) is 10.4. The zero-order chi connectivity index (χ0) is 20.3. The SMILES string of the molecule is [Cu+2].[O-]/C(CSc1nc2ccccc2s1)=N\N=C\c1ccccc1[O-].c1ccncc1. The molecule has 0 atom stereocenters. The summed E-state index contributed by atoms with van der Waals surface area (Å²) in [5.41, 5.74) is 1.33. The number of pyridine rings is 1. The fourth-order valence-electron chi connectivity index (χ4n) is 2.12. The molecule has 30 heavy (non-hydrogen) atoms. The third kappa shape index (κ3) is 7.61. The van der Waals surface area contributed by atoms with E-state index in [1.54, 1.807) is 41.9 Å². The van der Waals surface area contributed by atoms with Crippen molar-refractivity contribution in [2.75, 3.05) is 5.75 Å². The minimum absolute atomic E-state index is 0. The zero-order valence-corrected chi connectivity index (χ0v) is 18.1. The summed E-state index contributed by atoms with van der Waals surface area (Å²) in [6.45, 7) is 0. The van der Waals surface area contributed by atoms with Gasteiger partial charge in [0.2, 0.25) is 0 Å². The van der Waals surface area contributed by atoms with Crippen molar-refractivity contribution in [2.45, 2.75) is 4.34 Å². The molecule has 0 amide bonds. The monoisotopic (exact) mass is 483 g/mol. The minimum atomic E-state index is -0.367. The molecule has 4 rings (SSSR count). The van der Waals surface area contributed by atoms with Gasteiger partial charge in [-0.2, -0.15) is 10.2 Å². The van der Waals surface area contributed by atoms with Crippen molar-refractivity contribution in [3.8, 4) is 5.75 Å². The largest absolute Gasteiger partial charge is 2.00 e. The Morgan fingerprint density at radius 1 is 1.00 bits per heavy atom. The van der Waals surface area contributed by atoms with Gasteiger partial charge in [0, 0.05) is 18.1 Å². The van der Waals surface area contributed by atoms with Crippen molar-refractivity contribution in [3.05, 3.63) is 84.7 Å². The van der Waals surface area contributed by atoms with Gasteiger partial charge in [0.1, 0.15) is 0 Å². The number of nitrogens with zero attached hydrogens (tertiary/aromatic N) is 4. The van der Waals surface area contributed by atoms with Crippen molar-refractivity contribution < 1.29 is 27.3 Å². The Morgan fingerprint density at radius 3 is 2.40 bits per heavy atom. The molecule has 2 aromatic carbocycles. The molecule has 0 unspecified atom stereocenters. The predicted octanol–water partition coefficient (Wildman–Crippen LogP) is 3.33. The molecule has 0 fully saturated rings. The summed E-state index contributed by atoms with van der Waals surface area (Å²) >= 11 is 2.87. The van der Waals surface area contributed by atoms with Crippen LogP contribution >= 0.6 is 23.1 Å². The molecule has 0 aliphatic heterocycles. The van der Waals surface area contributed by atoms with E-state index in [1.165, 1.54) is 24.0 Å². The van der Waals surface area contributed by atoms with E-state index in [0.29, 0.717) is 5.56 Å². The fourth-order valence-corrected chi connectivity index (χ4v) is 3.97. The van der Waals surface area contributed by atoms with Gasteiger partial charge >= 0.3 is 17.1 Å². The van der Waals surface area contributed by atoms with Crippen molar-refractivity contribution in [1.29, 1.82) is 0 Å². The van der Waals surface area contributed by atoms with Crippen LogP contribution in [0.25, 0.3) is 10.2 Å². The van der Waals surface area contributed by atoms with Crippen LogP contribution in [0.5, 0.6) is 5.75 Å². The summed E-state index contributed by atoms with van der Waals surface area (Å²) < 4.78 is 1.91. The number of para-hydroxylation sites is 2. The predicted molar refractivity (Wildman–Crippen MR) is 115 cm³/mol. The molecule has 6 nitrogen and oxygen atoms in total. The van der Waals surface area contributed by atoms with Crippen LogP contribution in [-0.2, 0) is 17.1 Å². The van der Waals surface area contributed by atoms with Gasteiger partial charge in [0.05, 0.1) is 16.4 Å². The molecule has 0 spiro atoms. The summed E-state index contributed by atoms with van der Waals surface area (Å²) in [6, 6.07) is 20.0. The Labute approximate surface area is 192 Å². The smallest absolute Gasteiger partial charge is 0.872 e. The second-order valence-corrected chi connectivity index (χ2v) is 7.79. The van der Waals surface area contributed by atoms with Gasteiger partial charge in [-0.1, -0.05) is 60.0 Å². The topological polar surface area (TPSA) is 96.6 Å². The first kappa shape index (κ1) is 23.6. The van der Waals surface area contributed by atoms with Gasteiger partial charge in [0.15, 0.2) is 4.34 Å². The molecular weight excluding hydrogens is 468 g/mol. The number of thioether (sulfide) groups is 1. The molecule has 0 N–H and O–H groups in total. The van der Waals surface area contributed by atoms with Gasteiger partial charge in [-0.3, -0.25) is 4.98 Å². The van der Waals surface area contributed by atoms with Gasteiger partial charge in [0.25, 0.3) is 0 Å². The molecule has 0 saturated carbocycles.